The third-order valence-electron chi connectivity index (χ3n) is 3.77. The molecule has 2 rings (SSSR count). The van der Waals surface area contributed by atoms with E-state index in [9.17, 15) is 14.7 Å². The van der Waals surface area contributed by atoms with Gasteiger partial charge in [0.05, 0.1) is 14.5 Å². The van der Waals surface area contributed by atoms with Gasteiger partial charge in [-0.15, -0.1) is 0 Å². The molecule has 0 saturated carbocycles. The van der Waals surface area contributed by atoms with E-state index < -0.39 is 18.0 Å². The van der Waals surface area contributed by atoms with Crippen molar-refractivity contribution in [3.05, 3.63) is 50.4 Å². The highest BCUT2D eigenvalue weighted by atomic mass is 79.9. The van der Waals surface area contributed by atoms with Crippen molar-refractivity contribution in [2.75, 3.05) is 5.75 Å². The molecule has 0 heterocycles. The first-order valence-electron chi connectivity index (χ1n) is 8.26. The zero-order valence-corrected chi connectivity index (χ0v) is 19.2. The van der Waals surface area contributed by atoms with Crippen LogP contribution in [0.3, 0.4) is 0 Å². The van der Waals surface area contributed by atoms with Crippen molar-refractivity contribution in [1.29, 1.82) is 0 Å². The van der Waals surface area contributed by atoms with Crippen LogP contribution in [0, 0.1) is 0 Å². The standard InChI is InChI=1S/C19H19Br2NO5S/c1-9(2)12-7-11(3-4-16(12)23)26-17-13(20)5-10(6-14(17)21)18(24)27-19(25)15(22)8-28/h3-7,9,15,23,28H,8,22H2,1-2H3/t15-/m0/s1. The molecule has 0 unspecified atom stereocenters. The molecule has 0 aromatic heterocycles. The molecule has 1 atom stereocenters. The van der Waals surface area contributed by atoms with E-state index in [1.54, 1.807) is 18.2 Å². The second-order valence-corrected chi connectivity index (χ2v) is 8.32. The van der Waals surface area contributed by atoms with Crippen LogP contribution in [-0.2, 0) is 9.53 Å². The molecule has 3 N–H and O–H groups in total. The Kier molecular flexibility index (Phi) is 7.94. The minimum Gasteiger partial charge on any atom is -0.508 e. The van der Waals surface area contributed by atoms with Crippen LogP contribution >= 0.6 is 44.5 Å². The van der Waals surface area contributed by atoms with Crippen LogP contribution in [0.15, 0.2) is 39.3 Å². The van der Waals surface area contributed by atoms with Gasteiger partial charge in [-0.2, -0.15) is 12.6 Å². The lowest BCUT2D eigenvalue weighted by Gasteiger charge is -2.14. The lowest BCUT2D eigenvalue weighted by molar-refractivity contribution is -0.138. The largest absolute Gasteiger partial charge is 0.508 e. The first kappa shape index (κ1) is 22.7. The quantitative estimate of drug-likeness (QED) is 0.281. The third kappa shape index (κ3) is 5.50. The van der Waals surface area contributed by atoms with E-state index in [2.05, 4.69) is 44.5 Å². The number of rotatable bonds is 6. The molecule has 0 aliphatic heterocycles. The normalized spacial score (nSPS) is 12.0. The second-order valence-electron chi connectivity index (χ2n) is 6.24. The molecule has 6 nitrogen and oxygen atoms in total. The molecular weight excluding hydrogens is 514 g/mol. The van der Waals surface area contributed by atoms with Crippen LogP contribution in [0.5, 0.6) is 17.2 Å². The minimum atomic E-state index is -0.980. The molecule has 28 heavy (non-hydrogen) atoms. The molecule has 2 aromatic carbocycles. The van der Waals surface area contributed by atoms with Crippen molar-refractivity contribution in [2.45, 2.75) is 25.8 Å². The second kappa shape index (κ2) is 9.78. The molecule has 150 valence electrons. The molecule has 0 aliphatic rings. The molecular formula is C19H19Br2NO5S. The Morgan fingerprint density at radius 3 is 2.32 bits per heavy atom. The number of benzene rings is 2. The number of hydrogen-bond acceptors (Lipinski definition) is 7. The third-order valence-corrected chi connectivity index (χ3v) is 5.34. The summed E-state index contributed by atoms with van der Waals surface area (Å²) in [7, 11) is 0. The van der Waals surface area contributed by atoms with E-state index in [0.717, 1.165) is 5.56 Å². The summed E-state index contributed by atoms with van der Waals surface area (Å²) in [5.74, 6) is -0.350. The summed E-state index contributed by atoms with van der Waals surface area (Å²) in [6.07, 6.45) is 0. The van der Waals surface area contributed by atoms with E-state index in [0.29, 0.717) is 20.4 Å². The van der Waals surface area contributed by atoms with Crippen LogP contribution in [0.25, 0.3) is 0 Å². The van der Waals surface area contributed by atoms with Gasteiger partial charge in [0.2, 0.25) is 0 Å². The van der Waals surface area contributed by atoms with Crippen LogP contribution in [0.2, 0.25) is 0 Å². The van der Waals surface area contributed by atoms with Crippen LogP contribution in [0.4, 0.5) is 0 Å². The van der Waals surface area contributed by atoms with Crippen LogP contribution < -0.4 is 10.5 Å². The summed E-state index contributed by atoms with van der Waals surface area (Å²) in [6, 6.07) is 6.93. The van der Waals surface area contributed by atoms with Crippen molar-refractivity contribution in [3.63, 3.8) is 0 Å². The fraction of sp³-hybridized carbons (Fsp3) is 0.263. The number of thiol groups is 1. The van der Waals surface area contributed by atoms with Gasteiger partial charge in [0, 0.05) is 11.3 Å². The van der Waals surface area contributed by atoms with Crippen molar-refractivity contribution >= 4 is 56.4 Å². The van der Waals surface area contributed by atoms with E-state index in [4.69, 9.17) is 15.2 Å². The predicted molar refractivity (Wildman–Crippen MR) is 116 cm³/mol. The summed E-state index contributed by atoms with van der Waals surface area (Å²) in [5, 5.41) is 9.94. The fourth-order valence-electron chi connectivity index (χ4n) is 2.25. The smallest absolute Gasteiger partial charge is 0.345 e. The number of carbonyl (C=O) groups excluding carboxylic acids is 2. The Labute approximate surface area is 185 Å². The van der Waals surface area contributed by atoms with Crippen LogP contribution in [-0.4, -0.2) is 28.8 Å². The summed E-state index contributed by atoms with van der Waals surface area (Å²) in [6.45, 7) is 3.93. The molecule has 0 fully saturated rings. The molecule has 0 spiro atoms. The molecule has 0 radical (unpaired) electrons. The predicted octanol–water partition coefficient (Wildman–Crippen LogP) is 4.77. The first-order chi connectivity index (χ1) is 13.1. The highest BCUT2D eigenvalue weighted by molar-refractivity contribution is 9.11. The summed E-state index contributed by atoms with van der Waals surface area (Å²) in [5.41, 5.74) is 6.39. The van der Waals surface area contributed by atoms with E-state index in [-0.39, 0.29) is 23.0 Å². The molecule has 0 aliphatic carbocycles. The highest BCUT2D eigenvalue weighted by Crippen LogP contribution is 2.39. The Balaban J connectivity index is 2.26. The highest BCUT2D eigenvalue weighted by Gasteiger charge is 2.21. The van der Waals surface area contributed by atoms with Crippen molar-refractivity contribution in [3.8, 4) is 17.2 Å². The van der Waals surface area contributed by atoms with E-state index in [1.807, 2.05) is 13.8 Å². The van der Waals surface area contributed by atoms with Crippen LogP contribution in [0.1, 0.15) is 35.7 Å². The van der Waals surface area contributed by atoms with Gasteiger partial charge >= 0.3 is 11.9 Å². The van der Waals surface area contributed by atoms with E-state index >= 15 is 0 Å². The topological polar surface area (TPSA) is 98.9 Å². The maximum atomic E-state index is 12.2. The SMILES string of the molecule is CC(C)c1cc(Oc2c(Br)cc(C(=O)OC(=O)[C@@H](N)CS)cc2Br)ccc1O. The lowest BCUT2D eigenvalue weighted by Crippen LogP contribution is -2.35. The molecule has 9 heteroatoms. The number of esters is 2. The Hall–Kier alpha value is -1.55. The fourth-order valence-corrected chi connectivity index (χ4v) is 3.75. The number of phenolic OH excluding ortho intramolecular Hbond substituents is 1. The first-order valence-corrected chi connectivity index (χ1v) is 10.5. The Morgan fingerprint density at radius 1 is 1.18 bits per heavy atom. The Bertz CT molecular complexity index is 881. The van der Waals surface area contributed by atoms with Crippen molar-refractivity contribution < 1.29 is 24.2 Å². The number of hydrogen-bond donors (Lipinski definition) is 3. The maximum absolute atomic E-state index is 12.2. The van der Waals surface area contributed by atoms with Crippen molar-refractivity contribution in [2.24, 2.45) is 5.73 Å². The summed E-state index contributed by atoms with van der Waals surface area (Å²) in [4.78, 5) is 23.8. The number of nitrogens with two attached hydrogens (primary N) is 1. The van der Waals surface area contributed by atoms with Crippen molar-refractivity contribution in [1.82, 2.24) is 0 Å². The molecule has 2 aromatic rings. The van der Waals surface area contributed by atoms with Gasteiger partial charge in [-0.05, 0) is 68.1 Å². The number of ether oxygens (including phenoxy) is 2. The zero-order chi connectivity index (χ0) is 21.0. The summed E-state index contributed by atoms with van der Waals surface area (Å²) >= 11 is 10.6. The number of aromatic hydroxyl groups is 1. The minimum absolute atomic E-state index is 0.0667. The Morgan fingerprint density at radius 2 is 1.79 bits per heavy atom. The van der Waals surface area contributed by atoms with Gasteiger partial charge in [-0.3, -0.25) is 0 Å². The van der Waals surface area contributed by atoms with Gasteiger partial charge in [-0.25, -0.2) is 9.59 Å². The monoisotopic (exact) mass is 531 g/mol. The number of carbonyl (C=O) groups is 2. The van der Waals surface area contributed by atoms with E-state index in [1.165, 1.54) is 12.1 Å². The van der Waals surface area contributed by atoms with Gasteiger partial charge < -0.3 is 20.3 Å². The summed E-state index contributed by atoms with van der Waals surface area (Å²) < 4.78 is 11.6. The average molecular weight is 533 g/mol. The lowest BCUT2D eigenvalue weighted by atomic mass is 10.0. The average Bonchev–Trinajstić information content (AvgIpc) is 2.64. The zero-order valence-electron chi connectivity index (χ0n) is 15.1. The number of halogens is 2. The molecule has 0 amide bonds. The van der Waals surface area contributed by atoms with Gasteiger partial charge in [-0.1, -0.05) is 13.8 Å². The molecule has 0 saturated heterocycles. The van der Waals surface area contributed by atoms with Gasteiger partial charge in [0.15, 0.2) is 5.75 Å². The maximum Gasteiger partial charge on any atom is 0.345 e. The number of phenols is 1. The van der Waals surface area contributed by atoms with Gasteiger partial charge in [0.25, 0.3) is 0 Å². The molecule has 0 bridgehead atoms. The van der Waals surface area contributed by atoms with Gasteiger partial charge in [0.1, 0.15) is 17.5 Å².